The Labute approximate surface area is 124 Å². The zero-order valence-electron chi connectivity index (χ0n) is 12.1. The van der Waals surface area contributed by atoms with Gasteiger partial charge in [0.15, 0.2) is 0 Å². The van der Waals surface area contributed by atoms with Crippen LogP contribution in [0.5, 0.6) is 0 Å². The number of hydrogen-bond acceptors (Lipinski definition) is 1. The van der Waals surface area contributed by atoms with Crippen LogP contribution in [0, 0.1) is 5.41 Å². The monoisotopic (exact) mass is 326 g/mol. The summed E-state index contributed by atoms with van der Waals surface area (Å²) in [4.78, 5) is 11.7. The molecule has 0 heterocycles. The molecule has 1 unspecified atom stereocenters. The van der Waals surface area contributed by atoms with Gasteiger partial charge in [0.1, 0.15) is 0 Å². The Morgan fingerprint density at radius 1 is 1.26 bits per heavy atom. The van der Waals surface area contributed by atoms with Crippen LogP contribution >= 0.6 is 15.9 Å². The maximum atomic E-state index is 11.7. The molecule has 106 valence electrons. The van der Waals surface area contributed by atoms with Crippen LogP contribution in [0.25, 0.3) is 0 Å². The molecule has 0 saturated heterocycles. The van der Waals surface area contributed by atoms with Crippen LogP contribution in [-0.2, 0) is 6.42 Å². The van der Waals surface area contributed by atoms with Crippen LogP contribution in [0.4, 0.5) is 4.79 Å². The molecule has 2 N–H and O–H groups in total. The van der Waals surface area contributed by atoms with Crippen molar-refractivity contribution in [1.82, 2.24) is 10.6 Å². The second kappa shape index (κ2) is 6.94. The largest absolute Gasteiger partial charge is 0.338 e. The average Bonchev–Trinajstić information content (AvgIpc) is 2.29. The van der Waals surface area contributed by atoms with Crippen molar-refractivity contribution in [3.05, 3.63) is 34.3 Å². The third kappa shape index (κ3) is 7.21. The van der Waals surface area contributed by atoms with E-state index in [4.69, 9.17) is 0 Å². The Morgan fingerprint density at radius 2 is 1.84 bits per heavy atom. The summed E-state index contributed by atoms with van der Waals surface area (Å²) in [5, 5.41) is 5.84. The molecule has 4 heteroatoms. The minimum absolute atomic E-state index is 0.0977. The molecule has 1 aromatic rings. The quantitative estimate of drug-likeness (QED) is 0.869. The lowest BCUT2D eigenvalue weighted by Crippen LogP contribution is -2.44. The maximum Gasteiger partial charge on any atom is 0.315 e. The van der Waals surface area contributed by atoms with Crippen molar-refractivity contribution >= 4 is 22.0 Å². The van der Waals surface area contributed by atoms with Gasteiger partial charge in [-0.15, -0.1) is 0 Å². The number of halogens is 1. The fourth-order valence-corrected chi connectivity index (χ4v) is 1.91. The molecule has 0 fully saturated rings. The number of urea groups is 1. The predicted molar refractivity (Wildman–Crippen MR) is 83.3 cm³/mol. The fourth-order valence-electron chi connectivity index (χ4n) is 1.65. The van der Waals surface area contributed by atoms with E-state index in [2.05, 4.69) is 59.5 Å². The summed E-state index contributed by atoms with van der Waals surface area (Å²) >= 11 is 3.41. The molecule has 0 aliphatic heterocycles. The summed E-state index contributed by atoms with van der Waals surface area (Å²) in [5.41, 5.74) is 1.32. The van der Waals surface area contributed by atoms with Gasteiger partial charge in [0.05, 0.1) is 0 Å². The Kier molecular flexibility index (Phi) is 5.85. The molecule has 1 aromatic carbocycles. The molecule has 0 bridgehead atoms. The minimum atomic E-state index is -0.0977. The van der Waals surface area contributed by atoms with Crippen molar-refractivity contribution in [2.45, 2.75) is 40.2 Å². The fraction of sp³-hybridized carbons (Fsp3) is 0.533. The molecule has 2 amide bonds. The Bertz CT molecular complexity index is 409. The van der Waals surface area contributed by atoms with E-state index in [1.807, 2.05) is 19.1 Å². The van der Waals surface area contributed by atoms with E-state index in [9.17, 15) is 4.79 Å². The summed E-state index contributed by atoms with van der Waals surface area (Å²) in [7, 11) is 0. The van der Waals surface area contributed by atoms with Gasteiger partial charge in [-0.3, -0.25) is 0 Å². The predicted octanol–water partition coefficient (Wildman–Crippen LogP) is 3.73. The van der Waals surface area contributed by atoms with Crippen molar-refractivity contribution in [2.75, 3.05) is 6.54 Å². The molecule has 0 aliphatic rings. The lowest BCUT2D eigenvalue weighted by Gasteiger charge is -2.20. The molecular weight excluding hydrogens is 304 g/mol. The highest BCUT2D eigenvalue weighted by atomic mass is 79.9. The van der Waals surface area contributed by atoms with Crippen LogP contribution in [0.2, 0.25) is 0 Å². The lowest BCUT2D eigenvalue weighted by atomic mass is 9.97. The molecule has 0 saturated carbocycles. The van der Waals surface area contributed by atoms with Gasteiger partial charge in [-0.1, -0.05) is 48.8 Å². The van der Waals surface area contributed by atoms with Gasteiger partial charge in [-0.25, -0.2) is 4.79 Å². The van der Waals surface area contributed by atoms with Gasteiger partial charge < -0.3 is 10.6 Å². The zero-order chi connectivity index (χ0) is 14.5. The van der Waals surface area contributed by atoms with Gasteiger partial charge in [0.2, 0.25) is 0 Å². The lowest BCUT2D eigenvalue weighted by molar-refractivity contribution is 0.232. The van der Waals surface area contributed by atoms with Crippen LogP contribution in [0.3, 0.4) is 0 Å². The number of nitrogens with one attached hydrogen (secondary N) is 2. The van der Waals surface area contributed by atoms with E-state index in [1.165, 1.54) is 5.56 Å². The van der Waals surface area contributed by atoms with E-state index in [0.717, 1.165) is 10.9 Å². The van der Waals surface area contributed by atoms with Gasteiger partial charge >= 0.3 is 6.03 Å². The molecule has 19 heavy (non-hydrogen) atoms. The molecule has 1 rings (SSSR count). The van der Waals surface area contributed by atoms with Crippen molar-refractivity contribution < 1.29 is 4.79 Å². The van der Waals surface area contributed by atoms with Crippen molar-refractivity contribution in [3.8, 4) is 0 Å². The summed E-state index contributed by atoms with van der Waals surface area (Å²) in [6.07, 6.45) is 0.830. The normalized spacial score (nSPS) is 12.9. The van der Waals surface area contributed by atoms with Gasteiger partial charge in [-0.05, 0) is 36.5 Å². The third-order valence-corrected chi connectivity index (χ3v) is 3.14. The summed E-state index contributed by atoms with van der Waals surface area (Å²) in [6, 6.07) is 8.18. The average molecular weight is 327 g/mol. The van der Waals surface area contributed by atoms with Gasteiger partial charge in [0.25, 0.3) is 0 Å². The van der Waals surface area contributed by atoms with E-state index < -0.39 is 0 Å². The number of benzene rings is 1. The third-order valence-electron chi connectivity index (χ3n) is 2.61. The summed E-state index contributed by atoms with van der Waals surface area (Å²) < 4.78 is 1.07. The standard InChI is InChI=1S/C15H23BrN2O/c1-11(9-12-5-7-13(16)8-6-12)18-14(19)17-10-15(2,3)4/h5-8,11H,9-10H2,1-4H3,(H2,17,18,19). The van der Waals surface area contributed by atoms with E-state index in [1.54, 1.807) is 0 Å². The first-order valence-corrected chi connectivity index (χ1v) is 7.34. The second-order valence-corrected chi connectivity index (χ2v) is 7.03. The van der Waals surface area contributed by atoms with Crippen molar-refractivity contribution in [2.24, 2.45) is 5.41 Å². The highest BCUT2D eigenvalue weighted by molar-refractivity contribution is 9.10. The van der Waals surface area contributed by atoms with Crippen molar-refractivity contribution in [1.29, 1.82) is 0 Å². The molecule has 0 aromatic heterocycles. The van der Waals surface area contributed by atoms with Crippen LogP contribution < -0.4 is 10.6 Å². The molecular formula is C15H23BrN2O. The highest BCUT2D eigenvalue weighted by Crippen LogP contribution is 2.12. The molecule has 0 radical (unpaired) electrons. The van der Waals surface area contributed by atoms with E-state index in [0.29, 0.717) is 6.54 Å². The maximum absolute atomic E-state index is 11.7. The smallest absolute Gasteiger partial charge is 0.315 e. The molecule has 0 spiro atoms. The number of amides is 2. The topological polar surface area (TPSA) is 41.1 Å². The first-order chi connectivity index (χ1) is 8.76. The molecule has 0 aliphatic carbocycles. The molecule has 3 nitrogen and oxygen atoms in total. The first kappa shape index (κ1) is 16.0. The first-order valence-electron chi connectivity index (χ1n) is 6.55. The highest BCUT2D eigenvalue weighted by Gasteiger charge is 2.13. The van der Waals surface area contributed by atoms with E-state index in [-0.39, 0.29) is 17.5 Å². The number of carbonyl (C=O) groups is 1. The SMILES string of the molecule is CC(Cc1ccc(Br)cc1)NC(=O)NCC(C)(C)C. The minimum Gasteiger partial charge on any atom is -0.338 e. The summed E-state index contributed by atoms with van der Waals surface area (Å²) in [6.45, 7) is 8.97. The Morgan fingerprint density at radius 3 is 2.37 bits per heavy atom. The Balaban J connectivity index is 2.36. The van der Waals surface area contributed by atoms with Gasteiger partial charge in [-0.2, -0.15) is 0 Å². The Hall–Kier alpha value is -1.03. The van der Waals surface area contributed by atoms with Crippen LogP contribution in [0.1, 0.15) is 33.3 Å². The van der Waals surface area contributed by atoms with Crippen LogP contribution in [-0.4, -0.2) is 18.6 Å². The molecule has 1 atom stereocenters. The van der Waals surface area contributed by atoms with Gasteiger partial charge in [0, 0.05) is 17.1 Å². The van der Waals surface area contributed by atoms with Crippen LogP contribution in [0.15, 0.2) is 28.7 Å². The van der Waals surface area contributed by atoms with Crippen molar-refractivity contribution in [3.63, 3.8) is 0 Å². The number of carbonyl (C=O) groups excluding carboxylic acids is 1. The second-order valence-electron chi connectivity index (χ2n) is 6.12. The number of hydrogen-bond donors (Lipinski definition) is 2. The van der Waals surface area contributed by atoms with E-state index >= 15 is 0 Å². The summed E-state index contributed by atoms with van der Waals surface area (Å²) in [5.74, 6) is 0. The zero-order valence-corrected chi connectivity index (χ0v) is 13.7. The number of rotatable bonds is 4.